The second kappa shape index (κ2) is 6.05. The molecule has 0 radical (unpaired) electrons. The fourth-order valence-corrected chi connectivity index (χ4v) is 4.33. The lowest BCUT2D eigenvalue weighted by molar-refractivity contribution is -0.00515. The minimum atomic E-state index is 0.500. The summed E-state index contributed by atoms with van der Waals surface area (Å²) in [5.74, 6) is 0. The van der Waals surface area contributed by atoms with Gasteiger partial charge in [-0.2, -0.15) is 0 Å². The third kappa shape index (κ3) is 2.74. The SMILES string of the molecule is CNC1CC2CCCC(C1)N2C(C)c1ccc(Cl)cc1. The zero-order valence-electron chi connectivity index (χ0n) is 12.5. The maximum absolute atomic E-state index is 6.01. The van der Waals surface area contributed by atoms with E-state index >= 15 is 0 Å². The average Bonchev–Trinajstić information content (AvgIpc) is 2.46. The van der Waals surface area contributed by atoms with Crippen molar-refractivity contribution < 1.29 is 0 Å². The summed E-state index contributed by atoms with van der Waals surface area (Å²) < 4.78 is 0. The molecule has 3 atom stereocenters. The molecule has 2 aliphatic rings. The lowest BCUT2D eigenvalue weighted by Crippen LogP contribution is -2.56. The number of fused-ring (bicyclic) bond motifs is 2. The van der Waals surface area contributed by atoms with Crippen molar-refractivity contribution >= 4 is 11.6 Å². The van der Waals surface area contributed by atoms with Gasteiger partial charge in [-0.25, -0.2) is 0 Å². The quantitative estimate of drug-likeness (QED) is 0.906. The van der Waals surface area contributed by atoms with Crippen LogP contribution in [0.25, 0.3) is 0 Å². The van der Waals surface area contributed by atoms with Crippen LogP contribution in [0.4, 0.5) is 0 Å². The van der Waals surface area contributed by atoms with E-state index in [0.29, 0.717) is 12.1 Å². The Morgan fingerprint density at radius 2 is 1.75 bits per heavy atom. The average molecular weight is 293 g/mol. The van der Waals surface area contributed by atoms with Gasteiger partial charge in [0.05, 0.1) is 0 Å². The number of hydrogen-bond acceptors (Lipinski definition) is 2. The van der Waals surface area contributed by atoms with Crippen molar-refractivity contribution in [3.8, 4) is 0 Å². The van der Waals surface area contributed by atoms with Crippen molar-refractivity contribution in [2.75, 3.05) is 7.05 Å². The molecule has 2 nitrogen and oxygen atoms in total. The van der Waals surface area contributed by atoms with Gasteiger partial charge in [-0.05, 0) is 57.4 Å². The van der Waals surface area contributed by atoms with E-state index < -0.39 is 0 Å². The Bertz CT molecular complexity index is 431. The molecule has 2 fully saturated rings. The van der Waals surface area contributed by atoms with Gasteiger partial charge in [0.2, 0.25) is 0 Å². The van der Waals surface area contributed by atoms with E-state index in [2.05, 4.69) is 36.3 Å². The van der Waals surface area contributed by atoms with Crippen LogP contribution in [0.2, 0.25) is 5.02 Å². The summed E-state index contributed by atoms with van der Waals surface area (Å²) in [7, 11) is 2.11. The molecule has 110 valence electrons. The molecular weight excluding hydrogens is 268 g/mol. The van der Waals surface area contributed by atoms with Gasteiger partial charge >= 0.3 is 0 Å². The van der Waals surface area contributed by atoms with E-state index in [0.717, 1.165) is 17.1 Å². The van der Waals surface area contributed by atoms with E-state index in [1.54, 1.807) is 0 Å². The molecule has 1 aromatic rings. The van der Waals surface area contributed by atoms with Crippen LogP contribution < -0.4 is 5.32 Å². The molecule has 2 bridgehead atoms. The smallest absolute Gasteiger partial charge is 0.0406 e. The summed E-state index contributed by atoms with van der Waals surface area (Å²) in [6, 6.07) is 11.1. The van der Waals surface area contributed by atoms with Crippen molar-refractivity contribution in [1.82, 2.24) is 10.2 Å². The van der Waals surface area contributed by atoms with Crippen LogP contribution in [0.1, 0.15) is 50.6 Å². The monoisotopic (exact) mass is 292 g/mol. The topological polar surface area (TPSA) is 15.3 Å². The largest absolute Gasteiger partial charge is 0.317 e. The molecule has 3 heteroatoms. The first-order valence-electron chi connectivity index (χ1n) is 7.89. The summed E-state index contributed by atoms with van der Waals surface area (Å²) >= 11 is 6.01. The maximum Gasteiger partial charge on any atom is 0.0406 e. The molecule has 0 amide bonds. The molecule has 0 spiro atoms. The first kappa shape index (κ1) is 14.4. The van der Waals surface area contributed by atoms with Gasteiger partial charge in [0.25, 0.3) is 0 Å². The second-order valence-electron chi connectivity index (χ2n) is 6.37. The Balaban J connectivity index is 1.80. The summed E-state index contributed by atoms with van der Waals surface area (Å²) in [5, 5.41) is 4.32. The van der Waals surface area contributed by atoms with Gasteiger partial charge in [-0.3, -0.25) is 4.90 Å². The van der Waals surface area contributed by atoms with Crippen molar-refractivity contribution in [2.24, 2.45) is 0 Å². The molecule has 0 aromatic heterocycles. The predicted molar refractivity (Wildman–Crippen MR) is 85.2 cm³/mol. The first-order chi connectivity index (χ1) is 9.69. The number of rotatable bonds is 3. The molecule has 3 rings (SSSR count). The van der Waals surface area contributed by atoms with Gasteiger partial charge in [0.1, 0.15) is 0 Å². The van der Waals surface area contributed by atoms with Crippen LogP contribution in [0.5, 0.6) is 0 Å². The summed E-state index contributed by atoms with van der Waals surface area (Å²) in [5.41, 5.74) is 1.40. The number of benzene rings is 1. The predicted octanol–water partition coefficient (Wildman–Crippen LogP) is 4.01. The van der Waals surface area contributed by atoms with Gasteiger partial charge in [0.15, 0.2) is 0 Å². The van der Waals surface area contributed by atoms with E-state index in [4.69, 9.17) is 11.6 Å². The normalized spacial score (nSPS) is 32.0. The highest BCUT2D eigenvalue weighted by atomic mass is 35.5. The minimum Gasteiger partial charge on any atom is -0.317 e. The Kier molecular flexibility index (Phi) is 4.34. The van der Waals surface area contributed by atoms with E-state index in [9.17, 15) is 0 Å². The molecule has 1 N–H and O–H groups in total. The van der Waals surface area contributed by atoms with Gasteiger partial charge in [-0.15, -0.1) is 0 Å². The Hall–Kier alpha value is -0.570. The maximum atomic E-state index is 6.01. The van der Waals surface area contributed by atoms with Crippen LogP contribution in [0, 0.1) is 0 Å². The zero-order chi connectivity index (χ0) is 14.1. The number of nitrogens with one attached hydrogen (secondary N) is 1. The number of nitrogens with zero attached hydrogens (tertiary/aromatic N) is 1. The van der Waals surface area contributed by atoms with Gasteiger partial charge in [-0.1, -0.05) is 30.2 Å². The van der Waals surface area contributed by atoms with Crippen LogP contribution in [-0.2, 0) is 0 Å². The zero-order valence-corrected chi connectivity index (χ0v) is 13.2. The molecule has 20 heavy (non-hydrogen) atoms. The third-order valence-corrected chi connectivity index (χ3v) is 5.49. The van der Waals surface area contributed by atoms with Crippen molar-refractivity contribution in [3.63, 3.8) is 0 Å². The lowest BCUT2D eigenvalue weighted by Gasteiger charge is -2.51. The Morgan fingerprint density at radius 3 is 2.30 bits per heavy atom. The van der Waals surface area contributed by atoms with Crippen LogP contribution in [0.3, 0.4) is 0 Å². The molecule has 2 heterocycles. The molecule has 1 aromatic carbocycles. The molecule has 3 unspecified atom stereocenters. The second-order valence-corrected chi connectivity index (χ2v) is 6.81. The Morgan fingerprint density at radius 1 is 1.15 bits per heavy atom. The highest BCUT2D eigenvalue weighted by Crippen LogP contribution is 2.39. The van der Waals surface area contributed by atoms with Crippen molar-refractivity contribution in [2.45, 2.75) is 63.2 Å². The number of hydrogen-bond donors (Lipinski definition) is 1. The number of halogens is 1. The summed E-state index contributed by atoms with van der Waals surface area (Å²) in [4.78, 5) is 2.78. The van der Waals surface area contributed by atoms with Crippen molar-refractivity contribution in [1.29, 1.82) is 0 Å². The minimum absolute atomic E-state index is 0.500. The molecule has 0 aliphatic carbocycles. The number of piperidine rings is 2. The van der Waals surface area contributed by atoms with E-state index in [1.165, 1.54) is 37.7 Å². The Labute approximate surface area is 127 Å². The highest BCUT2D eigenvalue weighted by Gasteiger charge is 2.40. The van der Waals surface area contributed by atoms with Crippen LogP contribution in [-0.4, -0.2) is 30.1 Å². The van der Waals surface area contributed by atoms with E-state index in [-0.39, 0.29) is 0 Å². The van der Waals surface area contributed by atoms with Crippen LogP contribution >= 0.6 is 11.6 Å². The lowest BCUT2D eigenvalue weighted by atomic mass is 9.80. The molecule has 0 saturated carbocycles. The van der Waals surface area contributed by atoms with Crippen molar-refractivity contribution in [3.05, 3.63) is 34.9 Å². The summed E-state index contributed by atoms with van der Waals surface area (Å²) in [6.07, 6.45) is 6.70. The van der Waals surface area contributed by atoms with E-state index in [1.807, 2.05) is 12.1 Å². The highest BCUT2D eigenvalue weighted by molar-refractivity contribution is 6.30. The molecular formula is C17H25ClN2. The fourth-order valence-electron chi connectivity index (χ4n) is 4.20. The third-order valence-electron chi connectivity index (χ3n) is 5.24. The fraction of sp³-hybridized carbons (Fsp3) is 0.647. The first-order valence-corrected chi connectivity index (χ1v) is 8.27. The molecule has 2 saturated heterocycles. The van der Waals surface area contributed by atoms with Gasteiger partial charge < -0.3 is 5.32 Å². The van der Waals surface area contributed by atoms with Crippen LogP contribution in [0.15, 0.2) is 24.3 Å². The summed E-state index contributed by atoms with van der Waals surface area (Å²) in [6.45, 7) is 2.36. The standard InChI is InChI=1S/C17H25ClN2/c1-12(13-6-8-14(18)9-7-13)20-16-4-3-5-17(20)11-15(10-16)19-2/h6-9,12,15-17,19H,3-5,10-11H2,1-2H3. The molecule has 2 aliphatic heterocycles. The van der Waals surface area contributed by atoms with Gasteiger partial charge in [0, 0.05) is 29.2 Å².